The molecule has 5 rings (SSSR count). The average molecular weight is 1050 g/mol. The van der Waals surface area contributed by atoms with E-state index in [1.165, 1.54) is 12.0 Å². The Balaban J connectivity index is 1.45. The molecule has 0 spiro atoms. The molecule has 0 radical (unpaired) electrons. The Kier molecular flexibility index (Phi) is 24.0. The highest BCUT2D eigenvalue weighted by atomic mass is 32.2. The molecule has 0 aromatic carbocycles. The van der Waals surface area contributed by atoms with Gasteiger partial charge in [0.2, 0.25) is 5.79 Å². The first-order chi connectivity index (χ1) is 34.7. The van der Waals surface area contributed by atoms with Crippen LogP contribution in [-0.4, -0.2) is 171 Å². The molecule has 2 unspecified atom stereocenters. The van der Waals surface area contributed by atoms with Gasteiger partial charge < -0.3 is 54.1 Å². The van der Waals surface area contributed by atoms with Gasteiger partial charge in [-0.05, 0) is 126 Å². The van der Waals surface area contributed by atoms with Gasteiger partial charge in [-0.2, -0.15) is 0 Å². The second-order valence-corrected chi connectivity index (χ2v) is 23.6. The number of esters is 1. The Morgan fingerprint density at radius 3 is 2.29 bits per heavy atom. The fourth-order valence-electron chi connectivity index (χ4n) is 11.8. The average Bonchev–Trinajstić information content (AvgIpc) is 3.72. The van der Waals surface area contributed by atoms with Crippen molar-refractivity contribution < 1.29 is 63.3 Å². The van der Waals surface area contributed by atoms with Gasteiger partial charge in [0.05, 0.1) is 36.9 Å². The number of hydrogen-bond acceptors (Lipinski definition) is 14. The smallest absolute Gasteiger partial charge is 0.329 e. The van der Waals surface area contributed by atoms with Crippen molar-refractivity contribution in [1.29, 1.82) is 0 Å². The summed E-state index contributed by atoms with van der Waals surface area (Å²) in [4.78, 5) is 75.2. The molecule has 73 heavy (non-hydrogen) atoms. The minimum atomic E-state index is -2.44. The number of nitrogens with zero attached hydrogens (tertiary/aromatic N) is 3. The molecule has 4 heterocycles. The summed E-state index contributed by atoms with van der Waals surface area (Å²) in [6, 6.07) is -1.20. The maximum absolute atomic E-state index is 14.5. The van der Waals surface area contributed by atoms with Gasteiger partial charge in [0, 0.05) is 57.5 Å². The van der Waals surface area contributed by atoms with Gasteiger partial charge in [0.25, 0.3) is 11.7 Å². The lowest BCUT2D eigenvalue weighted by Gasteiger charge is -2.43. The Hall–Kier alpha value is -3.16. The van der Waals surface area contributed by atoms with Crippen molar-refractivity contribution in [2.75, 3.05) is 52.9 Å². The van der Waals surface area contributed by atoms with Gasteiger partial charge in [-0.1, -0.05) is 77.5 Å². The predicted molar refractivity (Wildman–Crippen MR) is 281 cm³/mol. The van der Waals surface area contributed by atoms with Gasteiger partial charge in [0.1, 0.15) is 18.2 Å². The van der Waals surface area contributed by atoms with E-state index >= 15 is 0 Å². The number of fused-ring (bicyclic) bond motifs is 3. The maximum atomic E-state index is 14.5. The first kappa shape index (κ1) is 60.7. The summed E-state index contributed by atoms with van der Waals surface area (Å²) in [6.07, 6.45) is 13.7. The molecule has 17 heteroatoms. The van der Waals surface area contributed by atoms with Crippen LogP contribution in [-0.2, 0) is 38.1 Å². The van der Waals surface area contributed by atoms with Crippen LogP contribution in [0.2, 0.25) is 0 Å². The number of β-amino-alcohol motifs (C(OH)–C–C–N with tert-alkyl or cyclic N) is 1. The maximum Gasteiger partial charge on any atom is 0.329 e. The lowest BCUT2D eigenvalue weighted by atomic mass is 9.78. The number of hydrogen-bond donors (Lipinski definition) is 4. The minimum Gasteiger partial charge on any atom is -0.461 e. The zero-order valence-electron chi connectivity index (χ0n) is 45.4. The second kappa shape index (κ2) is 28.8. The van der Waals surface area contributed by atoms with Crippen LogP contribution in [0.3, 0.4) is 0 Å². The highest BCUT2D eigenvalue weighted by Gasteiger charge is 2.53. The van der Waals surface area contributed by atoms with Crippen molar-refractivity contribution in [3.63, 3.8) is 0 Å². The van der Waals surface area contributed by atoms with E-state index < -0.39 is 65.9 Å². The quantitative estimate of drug-likeness (QED) is 0.130. The van der Waals surface area contributed by atoms with E-state index in [0.717, 1.165) is 18.4 Å². The van der Waals surface area contributed by atoms with Crippen LogP contribution in [0.5, 0.6) is 0 Å². The number of aliphatic hydroxyl groups excluding tert-OH is 3. The third-order valence-electron chi connectivity index (χ3n) is 16.6. The second-order valence-electron chi connectivity index (χ2n) is 22.5. The SMILES string of the molecule is CO[C@@H]1C[C@H](C[C@@H](C)[C@@H]2CC[C@H](C)CC(C)[C@@H](O)[C@@H](OC)C(=O)[C@H](C)C[C@H](C)/C=C/C=C/C=C(\C)C(SCN3CCN(CCO)C3=O)C[C@@H]3CC[C@@H](C)[C@@](O)(O3)C(=O)C(=O)N3CCCC[C@H]3C(=O)O2)CC[C@H]1O. The molecule has 4 fully saturated rings. The first-order valence-electron chi connectivity index (χ1n) is 27.4. The summed E-state index contributed by atoms with van der Waals surface area (Å²) in [7, 11) is 3.07. The number of aliphatic hydroxyl groups is 4. The number of carbonyl (C=O) groups excluding carboxylic acids is 5. The van der Waals surface area contributed by atoms with Crippen molar-refractivity contribution in [3.8, 4) is 0 Å². The van der Waals surface area contributed by atoms with E-state index in [0.29, 0.717) is 96.0 Å². The number of thioether (sulfide) groups is 1. The topological polar surface area (TPSA) is 213 Å². The molecular weight excluding hydrogens is 955 g/mol. The Labute approximate surface area is 440 Å². The molecule has 3 saturated heterocycles. The monoisotopic (exact) mass is 1050 g/mol. The van der Waals surface area contributed by atoms with Crippen LogP contribution in [0.1, 0.15) is 138 Å². The van der Waals surface area contributed by atoms with Crippen LogP contribution in [0, 0.1) is 41.4 Å². The highest BCUT2D eigenvalue weighted by molar-refractivity contribution is 8.00. The third kappa shape index (κ3) is 16.4. The van der Waals surface area contributed by atoms with Crippen molar-refractivity contribution >= 4 is 41.2 Å². The largest absolute Gasteiger partial charge is 0.461 e. The molecule has 16 atom stereocenters. The Bertz CT molecular complexity index is 1920. The summed E-state index contributed by atoms with van der Waals surface area (Å²) in [5, 5.41) is 43.7. The van der Waals surface area contributed by atoms with Gasteiger partial charge >= 0.3 is 12.0 Å². The molecule has 1 aliphatic carbocycles. The van der Waals surface area contributed by atoms with Crippen LogP contribution in [0.4, 0.5) is 4.79 Å². The molecule has 1 saturated carbocycles. The molecular formula is C56H91N3O13S. The fourth-order valence-corrected chi connectivity index (χ4v) is 13.1. The van der Waals surface area contributed by atoms with Gasteiger partial charge in [-0.15, -0.1) is 11.8 Å². The Morgan fingerprint density at radius 2 is 1.58 bits per heavy atom. The van der Waals surface area contributed by atoms with Crippen LogP contribution in [0.25, 0.3) is 0 Å². The van der Waals surface area contributed by atoms with Crippen molar-refractivity contribution in [2.24, 2.45) is 41.4 Å². The zero-order chi connectivity index (χ0) is 53.6. The summed E-state index contributed by atoms with van der Waals surface area (Å²) >= 11 is 1.54. The Morgan fingerprint density at radius 1 is 0.836 bits per heavy atom. The summed E-state index contributed by atoms with van der Waals surface area (Å²) < 4.78 is 24.2. The first-order valence-corrected chi connectivity index (χ1v) is 28.5. The zero-order valence-corrected chi connectivity index (χ0v) is 46.2. The van der Waals surface area contributed by atoms with Crippen molar-refractivity contribution in [2.45, 2.75) is 192 Å². The summed E-state index contributed by atoms with van der Waals surface area (Å²) in [6.45, 7) is 15.0. The molecule has 0 aromatic heterocycles. The lowest BCUT2D eigenvalue weighted by Crippen LogP contribution is -2.60. The number of ketones is 2. The van der Waals surface area contributed by atoms with E-state index in [9.17, 15) is 44.4 Å². The third-order valence-corrected chi connectivity index (χ3v) is 18.0. The van der Waals surface area contributed by atoms with Gasteiger partial charge in [-0.25, -0.2) is 9.59 Å². The minimum absolute atomic E-state index is 0.0407. The van der Waals surface area contributed by atoms with E-state index in [4.69, 9.17) is 18.9 Å². The van der Waals surface area contributed by atoms with Crippen molar-refractivity contribution in [1.82, 2.24) is 14.7 Å². The number of carbonyl (C=O) groups is 5. The van der Waals surface area contributed by atoms with Crippen LogP contribution < -0.4 is 0 Å². The highest BCUT2D eigenvalue weighted by Crippen LogP contribution is 2.39. The standard InChI is InChI=1S/C56H91N3O13S/c1-35-15-11-10-12-16-37(3)48(73-34-58-26-25-57(27-28-60)55(58)67)33-43-21-19-41(7)56(68,72-43)52(64)53(65)59-24-14-13-17-44(59)54(66)71-46(38(4)31-42-20-22-45(61)47(32-42)69-8)23-18-36(2)30-40(6)50(63)51(70-9)49(62)39(5)29-35/h10-12,15-16,35-36,38-48,50-51,60-61,63,68H,13-14,17-34H2,1-9H3/b12-10+,15-11+,37-16+/t35-,36+,38-,39-,40?,41-,42+,43+,44+,45-,46+,47-,48?,50-,51+,56-/m1/s1. The molecule has 2 bridgehead atoms. The van der Waals surface area contributed by atoms with E-state index in [1.54, 1.807) is 35.6 Å². The molecule has 4 N–H and O–H groups in total. The van der Waals surface area contributed by atoms with Crippen LogP contribution in [0.15, 0.2) is 36.0 Å². The van der Waals surface area contributed by atoms with Gasteiger partial charge in [-0.3, -0.25) is 14.4 Å². The molecule has 4 aliphatic heterocycles. The summed E-state index contributed by atoms with van der Waals surface area (Å²) in [5.41, 5.74) is 0.963. The number of urea groups is 1. The lowest BCUT2D eigenvalue weighted by molar-refractivity contribution is -0.263. The van der Waals surface area contributed by atoms with E-state index in [-0.39, 0.29) is 78.4 Å². The number of Topliss-reactive ketones (excluding diaryl/α,β-unsaturated/α-hetero) is 2. The molecule has 0 aromatic rings. The number of ether oxygens (including phenoxy) is 4. The van der Waals surface area contributed by atoms with Crippen molar-refractivity contribution in [3.05, 3.63) is 36.0 Å². The molecule has 3 amide bonds. The number of methoxy groups -OCH3 is 2. The number of piperidine rings is 1. The number of rotatable bonds is 10. The van der Waals surface area contributed by atoms with Gasteiger partial charge in [0.15, 0.2) is 5.78 Å². The number of cyclic esters (lactones) is 1. The van der Waals surface area contributed by atoms with E-state index in [1.807, 2.05) is 58.1 Å². The number of allylic oxidation sites excluding steroid dienone is 5. The van der Waals surface area contributed by atoms with E-state index in [2.05, 4.69) is 13.8 Å². The predicted octanol–water partition coefficient (Wildman–Crippen LogP) is 6.86. The van der Waals surface area contributed by atoms with Crippen LogP contribution >= 0.6 is 11.8 Å². The summed E-state index contributed by atoms with van der Waals surface area (Å²) in [5.74, 6) is -6.04. The molecule has 16 nitrogen and oxygen atoms in total. The molecule has 5 aliphatic rings. The molecule has 414 valence electrons. The normalized spacial score (nSPS) is 38.8. The fraction of sp³-hybridized carbons (Fsp3) is 0.804. The number of amides is 3.